The van der Waals surface area contributed by atoms with Crippen LogP contribution in [0.25, 0.3) is 0 Å². The van der Waals surface area contributed by atoms with Crippen LogP contribution in [0.15, 0.2) is 18.2 Å². The minimum Gasteiger partial charge on any atom is -0.354 e. The monoisotopic (exact) mass is 427 g/mol. The van der Waals surface area contributed by atoms with Crippen molar-refractivity contribution in [3.63, 3.8) is 0 Å². The van der Waals surface area contributed by atoms with E-state index in [1.54, 1.807) is 12.1 Å². The second kappa shape index (κ2) is 11.0. The Morgan fingerprint density at radius 1 is 1.21 bits per heavy atom. The molecule has 1 aliphatic heterocycles. The van der Waals surface area contributed by atoms with E-state index < -0.39 is 6.04 Å². The summed E-state index contributed by atoms with van der Waals surface area (Å²) in [6.07, 6.45) is 3.89. The van der Waals surface area contributed by atoms with Crippen molar-refractivity contribution in [2.75, 3.05) is 26.7 Å². The van der Waals surface area contributed by atoms with Crippen molar-refractivity contribution >= 4 is 35.0 Å². The van der Waals surface area contributed by atoms with Crippen LogP contribution in [0.3, 0.4) is 0 Å². The minimum absolute atomic E-state index is 0.139. The molecule has 1 heterocycles. The summed E-state index contributed by atoms with van der Waals surface area (Å²) in [5, 5.41) is 6.58. The van der Waals surface area contributed by atoms with Gasteiger partial charge in [-0.2, -0.15) is 0 Å². The predicted octanol–water partition coefficient (Wildman–Crippen LogP) is 3.99. The van der Waals surface area contributed by atoms with Gasteiger partial charge in [0, 0.05) is 11.6 Å². The number of benzene rings is 1. The molecule has 0 saturated carbocycles. The third-order valence-electron chi connectivity index (χ3n) is 5.19. The van der Waals surface area contributed by atoms with Gasteiger partial charge >= 0.3 is 0 Å². The molecule has 28 heavy (non-hydrogen) atoms. The van der Waals surface area contributed by atoms with Crippen molar-refractivity contribution < 1.29 is 9.59 Å². The van der Waals surface area contributed by atoms with E-state index in [-0.39, 0.29) is 22.8 Å². The standard InChI is InChI=1S/C21H31Cl2N3O2/c1-14(2)12-19(25-20(27)17-5-4-16(22)13-18(17)23)21(28)24-9-6-15-7-10-26(3)11-8-15/h4-5,13-15,19H,6-12H2,1-3H3,(H,24,28)(H,25,27). The van der Waals surface area contributed by atoms with E-state index in [1.807, 2.05) is 13.8 Å². The van der Waals surface area contributed by atoms with Gasteiger partial charge in [-0.1, -0.05) is 37.0 Å². The molecule has 1 unspecified atom stereocenters. The second-order valence-electron chi connectivity index (χ2n) is 8.11. The first-order valence-corrected chi connectivity index (χ1v) is 10.7. The Morgan fingerprint density at radius 2 is 1.89 bits per heavy atom. The van der Waals surface area contributed by atoms with Crippen molar-refractivity contribution in [3.05, 3.63) is 33.8 Å². The van der Waals surface area contributed by atoms with Crippen molar-refractivity contribution in [2.24, 2.45) is 11.8 Å². The maximum atomic E-state index is 12.7. The van der Waals surface area contributed by atoms with Crippen LogP contribution in [0.4, 0.5) is 0 Å². The summed E-state index contributed by atoms with van der Waals surface area (Å²) in [5.41, 5.74) is 0.318. The number of hydrogen-bond donors (Lipinski definition) is 2. The molecule has 0 aromatic heterocycles. The smallest absolute Gasteiger partial charge is 0.253 e. The number of rotatable bonds is 8. The summed E-state index contributed by atoms with van der Waals surface area (Å²) in [7, 11) is 2.14. The lowest BCUT2D eigenvalue weighted by Crippen LogP contribution is -2.48. The fraction of sp³-hybridized carbons (Fsp3) is 0.619. The number of piperidine rings is 1. The molecule has 5 nitrogen and oxygen atoms in total. The zero-order valence-electron chi connectivity index (χ0n) is 16.9. The summed E-state index contributed by atoms with van der Waals surface area (Å²) < 4.78 is 0. The fourth-order valence-electron chi connectivity index (χ4n) is 3.49. The Hall–Kier alpha value is -1.30. The highest BCUT2D eigenvalue weighted by Gasteiger charge is 2.24. The quantitative estimate of drug-likeness (QED) is 0.659. The largest absolute Gasteiger partial charge is 0.354 e. The highest BCUT2D eigenvalue weighted by atomic mass is 35.5. The van der Waals surface area contributed by atoms with Crippen LogP contribution in [0.5, 0.6) is 0 Å². The Labute approximate surface area is 178 Å². The lowest BCUT2D eigenvalue weighted by molar-refractivity contribution is -0.123. The highest BCUT2D eigenvalue weighted by Crippen LogP contribution is 2.21. The highest BCUT2D eigenvalue weighted by molar-refractivity contribution is 6.36. The Bertz CT molecular complexity index is 674. The van der Waals surface area contributed by atoms with Crippen molar-refractivity contribution in [3.8, 4) is 0 Å². The fourth-order valence-corrected chi connectivity index (χ4v) is 3.98. The third kappa shape index (κ3) is 7.26. The average molecular weight is 428 g/mol. The zero-order valence-corrected chi connectivity index (χ0v) is 18.4. The molecule has 2 rings (SSSR count). The van der Waals surface area contributed by atoms with E-state index >= 15 is 0 Å². The van der Waals surface area contributed by atoms with Gasteiger partial charge in [0.05, 0.1) is 10.6 Å². The number of carbonyl (C=O) groups excluding carboxylic acids is 2. The topological polar surface area (TPSA) is 61.4 Å². The molecule has 0 spiro atoms. The first kappa shape index (κ1) is 23.0. The van der Waals surface area contributed by atoms with E-state index in [2.05, 4.69) is 22.6 Å². The number of likely N-dealkylation sites (tertiary alicyclic amines) is 1. The normalized spacial score (nSPS) is 16.8. The predicted molar refractivity (Wildman–Crippen MR) is 115 cm³/mol. The Morgan fingerprint density at radius 3 is 2.50 bits per heavy atom. The van der Waals surface area contributed by atoms with Crippen molar-refractivity contribution in [2.45, 2.75) is 45.6 Å². The first-order valence-electron chi connectivity index (χ1n) is 9.98. The molecular formula is C21H31Cl2N3O2. The number of hydrogen-bond acceptors (Lipinski definition) is 3. The molecule has 0 aliphatic carbocycles. The maximum Gasteiger partial charge on any atom is 0.253 e. The molecule has 2 N–H and O–H groups in total. The molecule has 1 saturated heterocycles. The van der Waals surface area contributed by atoms with E-state index in [0.717, 1.165) is 19.5 Å². The summed E-state index contributed by atoms with van der Waals surface area (Å²) >= 11 is 12.0. The average Bonchev–Trinajstić information content (AvgIpc) is 2.62. The van der Waals surface area contributed by atoms with Gasteiger partial charge in [0.2, 0.25) is 5.91 Å². The Balaban J connectivity index is 1.90. The van der Waals surface area contributed by atoms with Crippen LogP contribution in [0.1, 0.15) is 49.9 Å². The summed E-state index contributed by atoms with van der Waals surface area (Å²) in [5.74, 6) is 0.422. The minimum atomic E-state index is -0.586. The van der Waals surface area contributed by atoms with Gasteiger partial charge in [0.25, 0.3) is 5.91 Å². The molecule has 1 fully saturated rings. The molecule has 0 radical (unpaired) electrons. The zero-order chi connectivity index (χ0) is 20.7. The second-order valence-corrected chi connectivity index (χ2v) is 8.95. The number of amides is 2. The third-order valence-corrected chi connectivity index (χ3v) is 5.74. The molecule has 2 amide bonds. The summed E-state index contributed by atoms with van der Waals surface area (Å²) in [6.45, 7) is 6.93. The number of nitrogens with one attached hydrogen (secondary N) is 2. The molecule has 0 bridgehead atoms. The van der Waals surface area contributed by atoms with E-state index in [9.17, 15) is 9.59 Å². The first-order chi connectivity index (χ1) is 13.3. The molecule has 1 aliphatic rings. The van der Waals surface area contributed by atoms with Crippen LogP contribution in [-0.2, 0) is 4.79 Å². The lowest BCUT2D eigenvalue weighted by Gasteiger charge is -2.29. The van der Waals surface area contributed by atoms with E-state index in [0.29, 0.717) is 29.5 Å². The van der Waals surface area contributed by atoms with Crippen LogP contribution in [0.2, 0.25) is 10.0 Å². The van der Waals surface area contributed by atoms with Gasteiger partial charge in [-0.3, -0.25) is 9.59 Å². The summed E-state index contributed by atoms with van der Waals surface area (Å²) in [4.78, 5) is 27.6. The molecular weight excluding hydrogens is 397 g/mol. The van der Waals surface area contributed by atoms with Crippen LogP contribution in [0, 0.1) is 11.8 Å². The molecule has 7 heteroatoms. The van der Waals surface area contributed by atoms with Gasteiger partial charge in [-0.15, -0.1) is 0 Å². The number of carbonyl (C=O) groups is 2. The van der Waals surface area contributed by atoms with Gasteiger partial charge < -0.3 is 15.5 Å². The number of nitrogens with zero attached hydrogens (tertiary/aromatic N) is 1. The number of halogens is 2. The molecule has 1 aromatic carbocycles. The van der Waals surface area contributed by atoms with Gasteiger partial charge in [-0.05, 0) is 75.9 Å². The maximum absolute atomic E-state index is 12.7. The van der Waals surface area contributed by atoms with Crippen LogP contribution in [-0.4, -0.2) is 49.4 Å². The van der Waals surface area contributed by atoms with Crippen LogP contribution >= 0.6 is 23.2 Å². The molecule has 1 aromatic rings. The molecule has 1 atom stereocenters. The van der Waals surface area contributed by atoms with E-state index in [4.69, 9.17) is 23.2 Å². The van der Waals surface area contributed by atoms with E-state index in [1.165, 1.54) is 18.9 Å². The Kier molecular flexibility index (Phi) is 9.06. The molecule has 156 valence electrons. The van der Waals surface area contributed by atoms with Gasteiger partial charge in [-0.25, -0.2) is 0 Å². The SMILES string of the molecule is CC(C)CC(NC(=O)c1ccc(Cl)cc1Cl)C(=O)NCCC1CCN(C)CC1. The van der Waals surface area contributed by atoms with Gasteiger partial charge in [0.15, 0.2) is 0 Å². The van der Waals surface area contributed by atoms with Gasteiger partial charge in [0.1, 0.15) is 6.04 Å². The summed E-state index contributed by atoms with van der Waals surface area (Å²) in [6, 6.07) is 4.13. The lowest BCUT2D eigenvalue weighted by atomic mass is 9.94. The van der Waals surface area contributed by atoms with Crippen LogP contribution < -0.4 is 10.6 Å². The van der Waals surface area contributed by atoms with Crippen molar-refractivity contribution in [1.82, 2.24) is 15.5 Å². The van der Waals surface area contributed by atoms with Crippen molar-refractivity contribution in [1.29, 1.82) is 0 Å².